The van der Waals surface area contributed by atoms with Crippen LogP contribution in [0.25, 0.3) is 0 Å². The molecule has 0 saturated carbocycles. The van der Waals surface area contributed by atoms with E-state index >= 15 is 0 Å². The van der Waals surface area contributed by atoms with E-state index in [9.17, 15) is 19.5 Å². The van der Waals surface area contributed by atoms with E-state index in [2.05, 4.69) is 111 Å². The summed E-state index contributed by atoms with van der Waals surface area (Å²) in [6.07, 6.45) is 51.5. The van der Waals surface area contributed by atoms with E-state index in [1.54, 1.807) is 21.1 Å². The Morgan fingerprint density at radius 2 is 0.947 bits per heavy atom. The molecule has 2 unspecified atom stereocenters. The van der Waals surface area contributed by atoms with E-state index in [-0.39, 0.29) is 55.5 Å². The third-order valence-electron chi connectivity index (χ3n) is 8.97. The summed E-state index contributed by atoms with van der Waals surface area (Å²) in [5, 5.41) is 11.6. The van der Waals surface area contributed by atoms with Crippen molar-refractivity contribution >= 4 is 17.9 Å². The Morgan fingerprint density at radius 1 is 0.526 bits per heavy atom. The molecule has 0 aliphatic heterocycles. The van der Waals surface area contributed by atoms with Crippen LogP contribution in [0.4, 0.5) is 0 Å². The van der Waals surface area contributed by atoms with Crippen molar-refractivity contribution in [1.29, 1.82) is 0 Å². The number of nitrogens with zero attached hydrogens (tertiary/aromatic N) is 1. The van der Waals surface area contributed by atoms with Gasteiger partial charge in [0.2, 0.25) is 0 Å². The lowest BCUT2D eigenvalue weighted by molar-refractivity contribution is -0.889. The van der Waals surface area contributed by atoms with Crippen LogP contribution in [0.3, 0.4) is 0 Å². The minimum absolute atomic E-state index is 0.0109. The molecule has 8 nitrogen and oxygen atoms in total. The lowest BCUT2D eigenvalue weighted by atomic mass is 10.1. The van der Waals surface area contributed by atoms with Crippen molar-refractivity contribution in [1.82, 2.24) is 0 Å². The van der Waals surface area contributed by atoms with E-state index in [0.717, 1.165) is 89.9 Å². The first-order chi connectivity index (χ1) is 27.6. The maximum atomic E-state index is 12.7. The molecule has 0 aliphatic carbocycles. The first-order valence-electron chi connectivity index (χ1n) is 21.8. The molecular formula is C49H79NO7. The fourth-order valence-electron chi connectivity index (χ4n) is 5.65. The quantitative estimate of drug-likeness (QED) is 0.0267. The smallest absolute Gasteiger partial charge is 0.306 e. The van der Waals surface area contributed by atoms with Gasteiger partial charge < -0.3 is 28.6 Å². The molecule has 0 aliphatic rings. The Balaban J connectivity index is 4.49. The van der Waals surface area contributed by atoms with E-state index in [0.29, 0.717) is 6.42 Å². The highest BCUT2D eigenvalue weighted by atomic mass is 16.6. The monoisotopic (exact) mass is 794 g/mol. The average Bonchev–Trinajstić information content (AvgIpc) is 3.17. The summed E-state index contributed by atoms with van der Waals surface area (Å²) >= 11 is 0. The zero-order valence-electron chi connectivity index (χ0n) is 36.5. The van der Waals surface area contributed by atoms with Crippen molar-refractivity contribution in [3.8, 4) is 0 Å². The summed E-state index contributed by atoms with van der Waals surface area (Å²) in [6, 6.07) is -0.742. The van der Waals surface area contributed by atoms with Gasteiger partial charge in [-0.1, -0.05) is 137 Å². The van der Waals surface area contributed by atoms with Crippen LogP contribution in [0.1, 0.15) is 142 Å². The highest BCUT2D eigenvalue weighted by Crippen LogP contribution is 2.12. The molecule has 0 amide bonds. The summed E-state index contributed by atoms with van der Waals surface area (Å²) in [4.78, 5) is 36.8. The lowest BCUT2D eigenvalue weighted by Crippen LogP contribution is -2.55. The number of carboxylic acid groups (broad SMARTS) is 1. The second kappa shape index (κ2) is 39.1. The molecule has 57 heavy (non-hydrogen) atoms. The van der Waals surface area contributed by atoms with Crippen LogP contribution < -0.4 is 5.11 Å². The summed E-state index contributed by atoms with van der Waals surface area (Å²) in [5.74, 6) is -1.84. The Kier molecular flexibility index (Phi) is 36.5. The number of aliphatic carboxylic acids is 1. The molecule has 0 spiro atoms. The van der Waals surface area contributed by atoms with Gasteiger partial charge in [0.25, 0.3) is 0 Å². The van der Waals surface area contributed by atoms with E-state index in [4.69, 9.17) is 14.2 Å². The second-order valence-electron chi connectivity index (χ2n) is 15.2. The lowest BCUT2D eigenvalue weighted by Gasteiger charge is -2.34. The number of quaternary nitrogens is 1. The van der Waals surface area contributed by atoms with Crippen LogP contribution in [-0.4, -0.2) is 75.5 Å². The number of esters is 2. The van der Waals surface area contributed by atoms with E-state index in [1.165, 1.54) is 12.8 Å². The van der Waals surface area contributed by atoms with Gasteiger partial charge in [-0.15, -0.1) is 0 Å². The van der Waals surface area contributed by atoms with Gasteiger partial charge in [-0.05, 0) is 83.5 Å². The first-order valence-corrected chi connectivity index (χ1v) is 21.8. The maximum Gasteiger partial charge on any atom is 0.306 e. The number of carboxylic acids is 1. The van der Waals surface area contributed by atoms with Gasteiger partial charge in [0, 0.05) is 19.3 Å². The van der Waals surface area contributed by atoms with Gasteiger partial charge >= 0.3 is 11.9 Å². The minimum Gasteiger partial charge on any atom is -0.544 e. The Morgan fingerprint density at radius 3 is 1.42 bits per heavy atom. The standard InChI is InChI=1S/C49H79NO7/c1-6-8-10-12-14-16-18-20-22-24-26-27-29-31-33-35-37-39-47(51)56-44-45(43-55-42-41-46(49(53)54)50(3,4)5)57-48(52)40-38-36-34-32-30-28-25-23-21-19-17-15-13-11-9-7-2/h8-11,14-17,20-23,26-27,31,33,45-46H,6-7,12-13,18-19,24-25,28-30,32,34-44H2,1-5H3/b10-8+,11-9+,16-14+,17-15+,22-20+,23-21+,27-26+,33-31+. The van der Waals surface area contributed by atoms with E-state index < -0.39 is 18.1 Å². The highest BCUT2D eigenvalue weighted by Gasteiger charge is 2.25. The summed E-state index contributed by atoms with van der Waals surface area (Å²) in [7, 11) is 5.37. The molecule has 0 aromatic carbocycles. The van der Waals surface area contributed by atoms with Crippen LogP contribution in [0.2, 0.25) is 0 Å². The molecule has 8 heteroatoms. The zero-order valence-corrected chi connectivity index (χ0v) is 36.5. The number of hydrogen-bond acceptors (Lipinski definition) is 7. The molecule has 0 N–H and O–H groups in total. The Hall–Kier alpha value is -3.75. The van der Waals surface area contributed by atoms with Crippen molar-refractivity contribution in [3.63, 3.8) is 0 Å². The number of ether oxygens (including phenoxy) is 3. The van der Waals surface area contributed by atoms with Crippen LogP contribution in [0, 0.1) is 0 Å². The third kappa shape index (κ3) is 37.6. The van der Waals surface area contributed by atoms with Crippen molar-refractivity contribution in [2.75, 3.05) is 41.0 Å². The Labute approximate surface area is 347 Å². The molecule has 0 heterocycles. The molecule has 0 aromatic rings. The fourth-order valence-corrected chi connectivity index (χ4v) is 5.65. The van der Waals surface area contributed by atoms with Crippen LogP contribution in [0.5, 0.6) is 0 Å². The van der Waals surface area contributed by atoms with Gasteiger partial charge in [-0.25, -0.2) is 0 Å². The number of likely N-dealkylation sites (N-methyl/N-ethyl adjacent to an activating group) is 1. The van der Waals surface area contributed by atoms with Crippen molar-refractivity contribution < 1.29 is 38.2 Å². The Bertz CT molecular complexity index is 1250. The second-order valence-corrected chi connectivity index (χ2v) is 15.2. The van der Waals surface area contributed by atoms with Crippen LogP contribution in [-0.2, 0) is 28.6 Å². The topological polar surface area (TPSA) is 102 Å². The number of allylic oxidation sites excluding steroid dienone is 16. The number of hydrogen-bond donors (Lipinski definition) is 0. The fraction of sp³-hybridized carbons (Fsp3) is 0.612. The summed E-state index contributed by atoms with van der Waals surface area (Å²) < 4.78 is 17.1. The maximum absolute atomic E-state index is 12.7. The van der Waals surface area contributed by atoms with Gasteiger partial charge in [0.05, 0.1) is 40.3 Å². The van der Waals surface area contributed by atoms with Crippen molar-refractivity contribution in [3.05, 3.63) is 97.2 Å². The predicted octanol–water partition coefficient (Wildman–Crippen LogP) is 10.6. The highest BCUT2D eigenvalue weighted by molar-refractivity contribution is 5.70. The van der Waals surface area contributed by atoms with Gasteiger partial charge in [0.1, 0.15) is 12.6 Å². The largest absolute Gasteiger partial charge is 0.544 e. The minimum atomic E-state index is -1.14. The number of carbonyl (C=O) groups is 3. The van der Waals surface area contributed by atoms with Crippen molar-refractivity contribution in [2.45, 2.75) is 154 Å². The van der Waals surface area contributed by atoms with Crippen molar-refractivity contribution in [2.24, 2.45) is 0 Å². The molecule has 0 aromatic heterocycles. The molecule has 0 rings (SSSR count). The predicted molar refractivity (Wildman–Crippen MR) is 235 cm³/mol. The SMILES string of the molecule is CC/C=C/C/C=C/C/C=C/C/C=C/C/C=C/CCCC(=O)OCC(COCCC(C(=O)[O-])[N+](C)(C)C)OC(=O)CCCCCCCC/C=C/C/C=C/C/C=C/CC. The molecule has 2 atom stereocenters. The average molecular weight is 794 g/mol. The third-order valence-corrected chi connectivity index (χ3v) is 8.97. The molecule has 0 radical (unpaired) electrons. The van der Waals surface area contributed by atoms with Crippen LogP contribution in [0.15, 0.2) is 97.2 Å². The number of carbonyl (C=O) groups excluding carboxylic acids is 3. The van der Waals surface area contributed by atoms with E-state index in [1.807, 2.05) is 0 Å². The van der Waals surface area contributed by atoms with Gasteiger partial charge in [-0.2, -0.15) is 0 Å². The van der Waals surface area contributed by atoms with Crippen LogP contribution >= 0.6 is 0 Å². The van der Waals surface area contributed by atoms with Gasteiger partial charge in [0.15, 0.2) is 6.10 Å². The van der Waals surface area contributed by atoms with Gasteiger partial charge in [-0.3, -0.25) is 9.59 Å². The zero-order chi connectivity index (χ0) is 42.1. The summed E-state index contributed by atoms with van der Waals surface area (Å²) in [5.41, 5.74) is 0. The number of unbranched alkanes of at least 4 members (excludes halogenated alkanes) is 7. The normalized spacial score (nSPS) is 13.9. The molecular weight excluding hydrogens is 715 g/mol. The molecule has 0 fully saturated rings. The molecule has 0 saturated heterocycles. The molecule has 0 bridgehead atoms. The molecule has 322 valence electrons. The summed E-state index contributed by atoms with van der Waals surface area (Å²) in [6.45, 7) is 4.34. The number of rotatable bonds is 37. The first kappa shape index (κ1) is 53.2.